The maximum absolute atomic E-state index is 13.8. The zero-order valence-corrected chi connectivity index (χ0v) is 11.5. The van der Waals surface area contributed by atoms with Crippen molar-refractivity contribution >= 4 is 32.7 Å². The number of nitro groups is 1. The van der Waals surface area contributed by atoms with Gasteiger partial charge in [0, 0.05) is 16.6 Å². The van der Waals surface area contributed by atoms with Gasteiger partial charge in [-0.3, -0.25) is 10.1 Å². The Morgan fingerprint density at radius 2 is 2.05 bits per heavy atom. The summed E-state index contributed by atoms with van der Waals surface area (Å²) in [4.78, 5) is 17.4. The number of rotatable bonds is 2. The monoisotopic (exact) mass is 335 g/mol. The van der Waals surface area contributed by atoms with E-state index < -0.39 is 10.7 Å². The highest BCUT2D eigenvalue weighted by Crippen LogP contribution is 2.27. The van der Waals surface area contributed by atoms with E-state index in [4.69, 9.17) is 0 Å². The number of benzene rings is 2. The minimum atomic E-state index is -0.486. The van der Waals surface area contributed by atoms with Gasteiger partial charge >= 0.3 is 0 Å². The largest absolute Gasteiger partial charge is 0.338 e. The number of halogens is 2. The van der Waals surface area contributed by atoms with Gasteiger partial charge in [0.15, 0.2) is 0 Å². The standard InChI is InChI=1S/C13H7BrFN3O2/c14-7-1-3-10(15)9(5-7)13-16-11-4-2-8(18(19)20)6-12(11)17-13/h1-6H,(H,16,17). The number of H-pyrrole nitrogens is 1. The normalized spacial score (nSPS) is 10.9. The van der Waals surface area contributed by atoms with Gasteiger partial charge in [-0.25, -0.2) is 9.37 Å². The summed E-state index contributed by atoms with van der Waals surface area (Å²) >= 11 is 3.27. The molecular weight excluding hydrogens is 329 g/mol. The molecule has 0 aliphatic heterocycles. The Kier molecular flexibility index (Phi) is 2.98. The molecule has 0 aliphatic rings. The van der Waals surface area contributed by atoms with Crippen LogP contribution in [0.25, 0.3) is 22.4 Å². The van der Waals surface area contributed by atoms with Gasteiger partial charge in [0.1, 0.15) is 11.6 Å². The van der Waals surface area contributed by atoms with Crippen LogP contribution in [0.1, 0.15) is 0 Å². The quantitative estimate of drug-likeness (QED) is 0.567. The molecule has 0 bridgehead atoms. The molecule has 1 heterocycles. The summed E-state index contributed by atoms with van der Waals surface area (Å²) in [6.45, 7) is 0. The lowest BCUT2D eigenvalue weighted by Crippen LogP contribution is -1.86. The number of aromatic amines is 1. The first-order chi connectivity index (χ1) is 9.54. The van der Waals surface area contributed by atoms with E-state index in [1.54, 1.807) is 12.1 Å². The molecule has 7 heteroatoms. The summed E-state index contributed by atoms with van der Waals surface area (Å²) in [7, 11) is 0. The van der Waals surface area contributed by atoms with Crippen molar-refractivity contribution in [1.82, 2.24) is 9.97 Å². The van der Waals surface area contributed by atoms with Crippen LogP contribution in [0.4, 0.5) is 10.1 Å². The molecule has 0 fully saturated rings. The van der Waals surface area contributed by atoms with Crippen LogP contribution in [0.5, 0.6) is 0 Å². The van der Waals surface area contributed by atoms with Crippen LogP contribution in [0, 0.1) is 15.9 Å². The molecule has 0 saturated carbocycles. The lowest BCUT2D eigenvalue weighted by molar-refractivity contribution is -0.384. The van der Waals surface area contributed by atoms with Crippen LogP contribution in [0.15, 0.2) is 40.9 Å². The average molecular weight is 336 g/mol. The number of aromatic nitrogens is 2. The number of nitro benzene ring substituents is 1. The third-order valence-corrected chi connectivity index (χ3v) is 3.35. The van der Waals surface area contributed by atoms with Crippen LogP contribution in [0.2, 0.25) is 0 Å². The molecule has 100 valence electrons. The van der Waals surface area contributed by atoms with Crippen LogP contribution < -0.4 is 0 Å². The summed E-state index contributed by atoms with van der Waals surface area (Å²) in [5.74, 6) is -0.0824. The van der Waals surface area contributed by atoms with Gasteiger partial charge in [-0.05, 0) is 24.3 Å². The van der Waals surface area contributed by atoms with Crippen molar-refractivity contribution in [3.63, 3.8) is 0 Å². The molecule has 0 unspecified atom stereocenters. The van der Waals surface area contributed by atoms with Crippen molar-refractivity contribution < 1.29 is 9.31 Å². The Bertz CT molecular complexity index is 832. The number of imidazole rings is 1. The second kappa shape index (κ2) is 4.68. The molecule has 0 amide bonds. The van der Waals surface area contributed by atoms with Crippen molar-refractivity contribution in [1.29, 1.82) is 0 Å². The highest BCUT2D eigenvalue weighted by atomic mass is 79.9. The lowest BCUT2D eigenvalue weighted by atomic mass is 10.2. The summed E-state index contributed by atoms with van der Waals surface area (Å²) in [6.07, 6.45) is 0. The number of hydrogen-bond donors (Lipinski definition) is 1. The fourth-order valence-corrected chi connectivity index (χ4v) is 2.28. The number of non-ortho nitro benzene ring substituents is 1. The van der Waals surface area contributed by atoms with E-state index in [0.717, 1.165) is 4.47 Å². The molecular formula is C13H7BrFN3O2. The molecule has 0 saturated heterocycles. The summed E-state index contributed by atoms with van der Waals surface area (Å²) in [5.41, 5.74) is 1.30. The highest BCUT2D eigenvalue weighted by molar-refractivity contribution is 9.10. The van der Waals surface area contributed by atoms with E-state index in [-0.39, 0.29) is 5.69 Å². The third-order valence-electron chi connectivity index (χ3n) is 2.86. The smallest absolute Gasteiger partial charge is 0.271 e. The maximum Gasteiger partial charge on any atom is 0.271 e. The Morgan fingerprint density at radius 3 is 2.80 bits per heavy atom. The van der Waals surface area contributed by atoms with Gasteiger partial charge in [-0.2, -0.15) is 0 Å². The lowest BCUT2D eigenvalue weighted by Gasteiger charge is -1.99. The number of fused-ring (bicyclic) bond motifs is 1. The average Bonchev–Trinajstić information content (AvgIpc) is 2.83. The third kappa shape index (κ3) is 2.16. The van der Waals surface area contributed by atoms with E-state index >= 15 is 0 Å². The van der Waals surface area contributed by atoms with Crippen LogP contribution in [-0.2, 0) is 0 Å². The molecule has 0 radical (unpaired) electrons. The highest BCUT2D eigenvalue weighted by Gasteiger charge is 2.13. The van der Waals surface area contributed by atoms with Gasteiger partial charge in [-0.1, -0.05) is 15.9 Å². The van der Waals surface area contributed by atoms with Gasteiger partial charge in [0.2, 0.25) is 0 Å². The molecule has 0 aliphatic carbocycles. The van der Waals surface area contributed by atoms with Crippen molar-refractivity contribution in [2.24, 2.45) is 0 Å². The Labute approximate surface area is 120 Å². The second-order valence-corrected chi connectivity index (χ2v) is 5.08. The van der Waals surface area contributed by atoms with Gasteiger partial charge in [0.25, 0.3) is 5.69 Å². The van der Waals surface area contributed by atoms with Gasteiger partial charge in [0.05, 0.1) is 21.5 Å². The molecule has 2 aromatic carbocycles. The molecule has 20 heavy (non-hydrogen) atoms. The fourth-order valence-electron chi connectivity index (χ4n) is 1.92. The molecule has 0 atom stereocenters. The van der Waals surface area contributed by atoms with Gasteiger partial charge < -0.3 is 4.98 Å². The zero-order valence-electron chi connectivity index (χ0n) is 9.93. The molecule has 3 aromatic rings. The molecule has 5 nitrogen and oxygen atoms in total. The van der Waals surface area contributed by atoms with Crippen LogP contribution >= 0.6 is 15.9 Å². The van der Waals surface area contributed by atoms with Crippen molar-refractivity contribution in [2.45, 2.75) is 0 Å². The van der Waals surface area contributed by atoms with Crippen LogP contribution in [0.3, 0.4) is 0 Å². The first kappa shape index (κ1) is 12.7. The molecule has 1 N–H and O–H groups in total. The predicted molar refractivity (Wildman–Crippen MR) is 75.8 cm³/mol. The molecule has 0 spiro atoms. The van der Waals surface area contributed by atoms with E-state index in [1.807, 2.05) is 0 Å². The van der Waals surface area contributed by atoms with E-state index in [1.165, 1.54) is 24.3 Å². The predicted octanol–water partition coefficient (Wildman–Crippen LogP) is 4.04. The van der Waals surface area contributed by atoms with Crippen molar-refractivity contribution in [3.05, 3.63) is 56.8 Å². The zero-order chi connectivity index (χ0) is 14.3. The van der Waals surface area contributed by atoms with Gasteiger partial charge in [-0.15, -0.1) is 0 Å². The van der Waals surface area contributed by atoms with E-state index in [2.05, 4.69) is 25.9 Å². The second-order valence-electron chi connectivity index (χ2n) is 4.17. The minimum Gasteiger partial charge on any atom is -0.338 e. The summed E-state index contributed by atoms with van der Waals surface area (Å²) in [6, 6.07) is 8.79. The minimum absolute atomic E-state index is 0.0394. The number of hydrogen-bond acceptors (Lipinski definition) is 3. The SMILES string of the molecule is O=[N+]([O-])c1ccc2nc(-c3cc(Br)ccc3F)[nH]c2c1. The first-order valence-corrected chi connectivity index (χ1v) is 6.43. The topological polar surface area (TPSA) is 71.8 Å². The Morgan fingerprint density at radius 1 is 1.25 bits per heavy atom. The van der Waals surface area contributed by atoms with E-state index in [9.17, 15) is 14.5 Å². The summed E-state index contributed by atoms with van der Waals surface area (Å²) in [5, 5.41) is 10.7. The van der Waals surface area contributed by atoms with E-state index in [0.29, 0.717) is 22.4 Å². The summed E-state index contributed by atoms with van der Waals surface area (Å²) < 4.78 is 14.5. The Hall–Kier alpha value is -2.28. The maximum atomic E-state index is 13.8. The van der Waals surface area contributed by atoms with Crippen molar-refractivity contribution in [2.75, 3.05) is 0 Å². The molecule has 1 aromatic heterocycles. The molecule has 3 rings (SSSR count). The first-order valence-electron chi connectivity index (χ1n) is 5.64. The van der Waals surface area contributed by atoms with Crippen LogP contribution in [-0.4, -0.2) is 14.9 Å². The fraction of sp³-hybridized carbons (Fsp3) is 0. The van der Waals surface area contributed by atoms with Crippen molar-refractivity contribution in [3.8, 4) is 11.4 Å². The Balaban J connectivity index is 2.17. The number of nitrogens with zero attached hydrogens (tertiary/aromatic N) is 2. The number of nitrogens with one attached hydrogen (secondary N) is 1.